The molecule has 0 heterocycles. The van der Waals surface area contributed by atoms with Gasteiger partial charge in [0, 0.05) is 6.42 Å². The lowest BCUT2D eigenvalue weighted by molar-refractivity contribution is -0.133. The van der Waals surface area contributed by atoms with E-state index in [-0.39, 0.29) is 17.5 Å². The molecule has 210 valence electrons. The summed E-state index contributed by atoms with van der Waals surface area (Å²) in [6, 6.07) is 9.33. The fourth-order valence-corrected chi connectivity index (χ4v) is 9.89. The van der Waals surface area contributed by atoms with Crippen LogP contribution in [0.3, 0.4) is 0 Å². The van der Waals surface area contributed by atoms with Gasteiger partial charge in [0.25, 0.3) is 0 Å². The van der Waals surface area contributed by atoms with E-state index in [0.717, 1.165) is 37.0 Å². The minimum absolute atomic E-state index is 0.102. The van der Waals surface area contributed by atoms with E-state index < -0.39 is 5.60 Å². The minimum atomic E-state index is -0.799. The molecule has 0 bridgehead atoms. The average molecular weight is 521 g/mol. The SMILES string of the molecule is CC(C)CCCC(C)C1CCC2C3C(CCC12C)C1(C)CCC(OC(=O)c2ccccc2)CC1=CC3(C)O. The third kappa shape index (κ3) is 4.91. The van der Waals surface area contributed by atoms with Crippen molar-refractivity contribution in [3.05, 3.63) is 47.5 Å². The Balaban J connectivity index is 1.33. The van der Waals surface area contributed by atoms with Crippen LogP contribution in [-0.2, 0) is 4.74 Å². The maximum absolute atomic E-state index is 12.8. The first kappa shape index (κ1) is 27.9. The number of ether oxygens (including phenoxy) is 1. The van der Waals surface area contributed by atoms with E-state index in [4.69, 9.17) is 4.74 Å². The standard InChI is InChI=1S/C35H52O3/c1-23(2)11-10-12-24(3)28-15-16-29-31-30(18-20-34(28,29)5)33(4)19-17-27(21-26(33)22-35(31,6)37)38-32(36)25-13-8-7-9-14-25/h7-9,13-14,22-24,27-31,37H,10-12,15-21H2,1-6H3. The van der Waals surface area contributed by atoms with Crippen LogP contribution >= 0.6 is 0 Å². The molecule has 3 nitrogen and oxygen atoms in total. The van der Waals surface area contributed by atoms with Crippen LogP contribution in [0.2, 0.25) is 0 Å². The summed E-state index contributed by atoms with van der Waals surface area (Å²) in [7, 11) is 0. The van der Waals surface area contributed by atoms with Gasteiger partial charge in [-0.25, -0.2) is 4.79 Å². The van der Waals surface area contributed by atoms with Gasteiger partial charge in [0.2, 0.25) is 0 Å². The van der Waals surface area contributed by atoms with Crippen molar-refractivity contribution in [1.82, 2.24) is 0 Å². The molecule has 1 N–H and O–H groups in total. The number of rotatable bonds is 7. The van der Waals surface area contributed by atoms with Gasteiger partial charge in [0.15, 0.2) is 0 Å². The molecule has 5 rings (SSSR count). The lowest BCUT2D eigenvalue weighted by Gasteiger charge is -2.62. The first-order valence-electron chi connectivity index (χ1n) is 15.7. The molecule has 0 amide bonds. The van der Waals surface area contributed by atoms with E-state index in [2.05, 4.69) is 47.6 Å². The number of benzene rings is 1. The second-order valence-corrected chi connectivity index (χ2v) is 14.7. The third-order valence-electron chi connectivity index (χ3n) is 11.9. The highest BCUT2D eigenvalue weighted by Crippen LogP contribution is 2.69. The van der Waals surface area contributed by atoms with Crippen molar-refractivity contribution >= 4 is 5.97 Å². The van der Waals surface area contributed by atoms with Crippen LogP contribution in [0.1, 0.15) is 116 Å². The van der Waals surface area contributed by atoms with Crippen molar-refractivity contribution in [2.24, 2.45) is 46.3 Å². The van der Waals surface area contributed by atoms with Gasteiger partial charge in [0.05, 0.1) is 11.2 Å². The summed E-state index contributed by atoms with van der Waals surface area (Å²) in [4.78, 5) is 12.8. The molecule has 0 radical (unpaired) electrons. The van der Waals surface area contributed by atoms with E-state index in [0.29, 0.717) is 28.7 Å². The lowest BCUT2D eigenvalue weighted by atomic mass is 9.44. The monoisotopic (exact) mass is 520 g/mol. The van der Waals surface area contributed by atoms with Crippen LogP contribution in [-0.4, -0.2) is 22.8 Å². The lowest BCUT2D eigenvalue weighted by Crippen LogP contribution is -2.59. The Bertz CT molecular complexity index is 1020. The van der Waals surface area contributed by atoms with Gasteiger partial charge >= 0.3 is 5.97 Å². The van der Waals surface area contributed by atoms with Crippen molar-refractivity contribution in [3.8, 4) is 0 Å². The van der Waals surface area contributed by atoms with Crippen LogP contribution in [0.5, 0.6) is 0 Å². The Morgan fingerprint density at radius 2 is 1.71 bits per heavy atom. The van der Waals surface area contributed by atoms with Crippen LogP contribution in [0.25, 0.3) is 0 Å². The number of aliphatic hydroxyl groups is 1. The zero-order valence-electron chi connectivity index (χ0n) is 24.8. The molecule has 3 fully saturated rings. The maximum atomic E-state index is 12.8. The zero-order valence-corrected chi connectivity index (χ0v) is 24.8. The van der Waals surface area contributed by atoms with Crippen molar-refractivity contribution in [2.75, 3.05) is 0 Å². The number of hydrogen-bond donors (Lipinski definition) is 1. The molecular weight excluding hydrogens is 468 g/mol. The minimum Gasteiger partial charge on any atom is -0.458 e. The summed E-state index contributed by atoms with van der Waals surface area (Å²) in [5.74, 6) is 3.54. The maximum Gasteiger partial charge on any atom is 0.338 e. The van der Waals surface area contributed by atoms with Crippen LogP contribution < -0.4 is 0 Å². The molecule has 1 aromatic rings. The summed E-state index contributed by atoms with van der Waals surface area (Å²) in [6.45, 7) is 14.3. The Morgan fingerprint density at radius 1 is 0.974 bits per heavy atom. The summed E-state index contributed by atoms with van der Waals surface area (Å²) in [5, 5.41) is 12.1. The quantitative estimate of drug-likeness (QED) is 0.289. The van der Waals surface area contributed by atoms with Crippen LogP contribution in [0.15, 0.2) is 42.0 Å². The zero-order chi connectivity index (χ0) is 27.3. The Morgan fingerprint density at radius 3 is 2.42 bits per heavy atom. The molecule has 3 heteroatoms. The smallest absolute Gasteiger partial charge is 0.338 e. The van der Waals surface area contributed by atoms with Crippen LogP contribution in [0, 0.1) is 46.3 Å². The normalized spacial score (nSPS) is 41.1. The highest BCUT2D eigenvalue weighted by Gasteiger charge is 2.63. The average Bonchev–Trinajstić information content (AvgIpc) is 3.22. The molecular formula is C35H52O3. The fraction of sp³-hybridized carbons (Fsp3) is 0.743. The molecule has 1 aromatic carbocycles. The summed E-state index contributed by atoms with van der Waals surface area (Å²) < 4.78 is 5.99. The molecule has 4 aliphatic carbocycles. The van der Waals surface area contributed by atoms with E-state index in [1.807, 2.05) is 30.3 Å². The largest absolute Gasteiger partial charge is 0.458 e. The van der Waals surface area contributed by atoms with Gasteiger partial charge in [-0.1, -0.05) is 83.7 Å². The molecule has 0 aromatic heterocycles. The Labute approximate surface area is 231 Å². The van der Waals surface area contributed by atoms with Gasteiger partial charge in [-0.15, -0.1) is 0 Å². The topological polar surface area (TPSA) is 46.5 Å². The summed E-state index contributed by atoms with van der Waals surface area (Å²) in [5.41, 5.74) is 1.59. The molecule has 9 atom stereocenters. The van der Waals surface area contributed by atoms with E-state index in [1.54, 1.807) is 0 Å². The third-order valence-corrected chi connectivity index (χ3v) is 11.9. The summed E-state index contributed by atoms with van der Waals surface area (Å²) in [6.07, 6.45) is 14.0. The van der Waals surface area contributed by atoms with Gasteiger partial charge in [-0.05, 0) is 104 Å². The van der Waals surface area contributed by atoms with E-state index >= 15 is 0 Å². The molecule has 4 aliphatic rings. The molecule has 0 aliphatic heterocycles. The molecule has 0 saturated heterocycles. The number of carbonyl (C=O) groups excluding carboxylic acids is 1. The van der Waals surface area contributed by atoms with E-state index in [9.17, 15) is 9.90 Å². The summed E-state index contributed by atoms with van der Waals surface area (Å²) >= 11 is 0. The molecule has 9 unspecified atom stereocenters. The first-order chi connectivity index (χ1) is 18.0. The predicted octanol–water partition coefficient (Wildman–Crippen LogP) is 8.61. The molecule has 0 spiro atoms. The number of hydrogen-bond acceptors (Lipinski definition) is 3. The van der Waals surface area contributed by atoms with Gasteiger partial charge < -0.3 is 9.84 Å². The highest BCUT2D eigenvalue weighted by molar-refractivity contribution is 5.89. The number of esters is 1. The molecule has 38 heavy (non-hydrogen) atoms. The number of fused-ring (bicyclic) bond motifs is 5. The van der Waals surface area contributed by atoms with E-state index in [1.165, 1.54) is 50.5 Å². The number of carbonyl (C=O) groups is 1. The van der Waals surface area contributed by atoms with Gasteiger partial charge in [0.1, 0.15) is 6.10 Å². The van der Waals surface area contributed by atoms with Crippen molar-refractivity contribution in [1.29, 1.82) is 0 Å². The second-order valence-electron chi connectivity index (χ2n) is 14.7. The Kier molecular flexibility index (Phi) is 7.66. The predicted molar refractivity (Wildman–Crippen MR) is 155 cm³/mol. The fourth-order valence-electron chi connectivity index (χ4n) is 9.89. The van der Waals surface area contributed by atoms with Crippen molar-refractivity contribution in [2.45, 2.75) is 117 Å². The Hall–Kier alpha value is -1.61. The van der Waals surface area contributed by atoms with Crippen molar-refractivity contribution < 1.29 is 14.6 Å². The van der Waals surface area contributed by atoms with Gasteiger partial charge in [-0.2, -0.15) is 0 Å². The highest BCUT2D eigenvalue weighted by atomic mass is 16.5. The molecule has 3 saturated carbocycles. The van der Waals surface area contributed by atoms with Crippen LogP contribution in [0.4, 0.5) is 0 Å². The second kappa shape index (κ2) is 10.4. The van der Waals surface area contributed by atoms with Gasteiger partial charge in [-0.3, -0.25) is 0 Å². The van der Waals surface area contributed by atoms with Crippen molar-refractivity contribution in [3.63, 3.8) is 0 Å². The first-order valence-corrected chi connectivity index (χ1v) is 15.7.